The first-order valence-electron chi connectivity index (χ1n) is 8.35. The molecule has 2 fully saturated rings. The summed E-state index contributed by atoms with van der Waals surface area (Å²) in [5, 5.41) is 0. The van der Waals surface area contributed by atoms with Crippen LogP contribution >= 0.6 is 0 Å². The summed E-state index contributed by atoms with van der Waals surface area (Å²) >= 11 is 0. The highest BCUT2D eigenvalue weighted by molar-refractivity contribution is 7.88. The number of rotatable bonds is 4. The van der Waals surface area contributed by atoms with E-state index in [-0.39, 0.29) is 17.2 Å². The van der Waals surface area contributed by atoms with E-state index in [1.54, 1.807) is 28.6 Å². The maximum Gasteiger partial charge on any atom is 0.272 e. The smallest absolute Gasteiger partial charge is 0.272 e. The Morgan fingerprint density at radius 3 is 2.68 bits per heavy atom. The largest absolute Gasteiger partial charge is 0.384 e. The van der Waals surface area contributed by atoms with E-state index in [0.29, 0.717) is 38.5 Å². The molecule has 1 amide bonds. The molecule has 0 N–H and O–H groups in total. The predicted octanol–water partition coefficient (Wildman–Crippen LogP) is 0.237. The Hall–Kier alpha value is -1.58. The molecule has 2 aliphatic rings. The second-order valence-corrected chi connectivity index (χ2v) is 8.94. The third-order valence-electron chi connectivity index (χ3n) is 5.47. The van der Waals surface area contributed by atoms with Crippen LogP contribution in [0.2, 0.25) is 0 Å². The first kappa shape index (κ1) is 18.2. The zero-order valence-corrected chi connectivity index (χ0v) is 15.4. The highest BCUT2D eigenvalue weighted by Gasteiger charge is 2.50. The lowest BCUT2D eigenvalue weighted by atomic mass is 9.71. The van der Waals surface area contributed by atoms with Gasteiger partial charge in [0, 0.05) is 45.4 Å². The van der Waals surface area contributed by atoms with Crippen LogP contribution in [0.25, 0.3) is 0 Å². The van der Waals surface area contributed by atoms with Gasteiger partial charge in [-0.05, 0) is 24.3 Å². The molecule has 0 bridgehead atoms. The van der Waals surface area contributed by atoms with Crippen LogP contribution in [0.15, 0.2) is 18.6 Å². The van der Waals surface area contributed by atoms with Crippen molar-refractivity contribution in [2.24, 2.45) is 11.3 Å². The van der Waals surface area contributed by atoms with Crippen LogP contribution in [0.3, 0.4) is 0 Å². The van der Waals surface area contributed by atoms with Crippen molar-refractivity contribution in [1.29, 1.82) is 0 Å². The molecule has 1 aromatic heterocycles. The van der Waals surface area contributed by atoms with Crippen LogP contribution in [0.1, 0.15) is 23.3 Å². The minimum atomic E-state index is -3.22. The number of methoxy groups -OCH3 is 1. The van der Waals surface area contributed by atoms with E-state index in [2.05, 4.69) is 9.97 Å². The van der Waals surface area contributed by atoms with Crippen molar-refractivity contribution in [2.45, 2.75) is 12.8 Å². The summed E-state index contributed by atoms with van der Waals surface area (Å²) < 4.78 is 30.8. The number of amides is 1. The third-order valence-corrected chi connectivity index (χ3v) is 6.68. The molecule has 0 aromatic carbocycles. The second kappa shape index (κ2) is 6.97. The van der Waals surface area contributed by atoms with Crippen LogP contribution in [0.4, 0.5) is 0 Å². The number of aromatic nitrogens is 2. The van der Waals surface area contributed by atoms with Gasteiger partial charge in [-0.2, -0.15) is 0 Å². The van der Waals surface area contributed by atoms with Crippen molar-refractivity contribution in [3.05, 3.63) is 24.3 Å². The summed E-state index contributed by atoms with van der Waals surface area (Å²) in [5.41, 5.74) is 0.269. The lowest BCUT2D eigenvalue weighted by Gasteiger charge is -2.42. The first-order valence-corrected chi connectivity index (χ1v) is 10.2. The Bertz CT molecular complexity index is 717. The minimum absolute atomic E-state index is 0.0986. The van der Waals surface area contributed by atoms with Gasteiger partial charge in [0.25, 0.3) is 5.91 Å². The maximum absolute atomic E-state index is 12.5. The molecule has 2 aliphatic heterocycles. The Balaban J connectivity index is 1.71. The van der Waals surface area contributed by atoms with Gasteiger partial charge >= 0.3 is 0 Å². The number of piperidine rings is 1. The summed E-state index contributed by atoms with van der Waals surface area (Å²) in [6.07, 6.45) is 5.72. The topological polar surface area (TPSA) is 92.7 Å². The average Bonchev–Trinajstić information content (AvgIpc) is 2.95. The van der Waals surface area contributed by atoms with E-state index in [1.165, 1.54) is 12.6 Å². The number of carbonyl (C=O) groups excluding carboxylic acids is 1. The van der Waals surface area contributed by atoms with Gasteiger partial charge in [-0.15, -0.1) is 0 Å². The Morgan fingerprint density at radius 1 is 1.40 bits per heavy atom. The molecule has 3 rings (SSSR count). The molecular weight excluding hydrogens is 344 g/mol. The molecule has 0 radical (unpaired) electrons. The van der Waals surface area contributed by atoms with Crippen LogP contribution in [-0.4, -0.2) is 79.6 Å². The fraction of sp³-hybridized carbons (Fsp3) is 0.688. The molecule has 138 valence electrons. The average molecular weight is 368 g/mol. The molecule has 0 aliphatic carbocycles. The number of ether oxygens (including phenoxy) is 1. The SMILES string of the molecule is COC[C@@H]1CN(S(C)(=O)=O)CC12CCN(C(=O)c1ccncn1)CC2. The lowest BCUT2D eigenvalue weighted by molar-refractivity contribution is 0.0324. The van der Waals surface area contributed by atoms with Crippen molar-refractivity contribution in [1.82, 2.24) is 19.2 Å². The summed E-state index contributed by atoms with van der Waals surface area (Å²) in [4.78, 5) is 22.2. The van der Waals surface area contributed by atoms with Gasteiger partial charge in [0.2, 0.25) is 10.0 Å². The van der Waals surface area contributed by atoms with Crippen LogP contribution in [0, 0.1) is 11.3 Å². The molecule has 9 heteroatoms. The van der Waals surface area contributed by atoms with Crippen molar-refractivity contribution in [3.8, 4) is 0 Å². The van der Waals surface area contributed by atoms with E-state index in [0.717, 1.165) is 12.8 Å². The van der Waals surface area contributed by atoms with Gasteiger partial charge in [0.1, 0.15) is 12.0 Å². The fourth-order valence-electron chi connectivity index (χ4n) is 3.97. The zero-order valence-electron chi connectivity index (χ0n) is 14.6. The minimum Gasteiger partial charge on any atom is -0.384 e. The number of likely N-dealkylation sites (tertiary alicyclic amines) is 1. The van der Waals surface area contributed by atoms with Gasteiger partial charge in [0.15, 0.2) is 0 Å². The Labute approximate surface area is 148 Å². The normalized spacial score (nSPS) is 23.9. The quantitative estimate of drug-likeness (QED) is 0.756. The Kier molecular flexibility index (Phi) is 5.08. The number of hydrogen-bond acceptors (Lipinski definition) is 6. The zero-order chi connectivity index (χ0) is 18.1. The highest BCUT2D eigenvalue weighted by Crippen LogP contribution is 2.45. The number of sulfonamides is 1. The van der Waals surface area contributed by atoms with Gasteiger partial charge in [0.05, 0.1) is 12.9 Å². The monoisotopic (exact) mass is 368 g/mol. The fourth-order valence-corrected chi connectivity index (χ4v) is 4.91. The molecule has 1 aromatic rings. The number of nitrogens with zero attached hydrogens (tertiary/aromatic N) is 4. The van der Waals surface area contributed by atoms with Crippen molar-refractivity contribution in [3.63, 3.8) is 0 Å². The van der Waals surface area contributed by atoms with Crippen molar-refractivity contribution in [2.75, 3.05) is 46.2 Å². The van der Waals surface area contributed by atoms with Crippen LogP contribution < -0.4 is 0 Å². The molecule has 0 unspecified atom stereocenters. The number of carbonyl (C=O) groups is 1. The summed E-state index contributed by atoms with van der Waals surface area (Å²) in [7, 11) is -1.58. The highest BCUT2D eigenvalue weighted by atomic mass is 32.2. The molecular formula is C16H24N4O4S. The van der Waals surface area contributed by atoms with Gasteiger partial charge in [-0.3, -0.25) is 4.79 Å². The molecule has 1 spiro atoms. The van der Waals surface area contributed by atoms with Crippen LogP contribution in [-0.2, 0) is 14.8 Å². The van der Waals surface area contributed by atoms with E-state index in [4.69, 9.17) is 4.74 Å². The molecule has 1 atom stereocenters. The molecule has 2 saturated heterocycles. The first-order chi connectivity index (χ1) is 11.9. The standard InChI is InChI=1S/C16H24N4O4S/c1-24-10-13-9-20(25(2,22)23)11-16(13)4-7-19(8-5-16)15(21)14-3-6-17-12-18-14/h3,6,12-13H,4-5,7-11H2,1-2H3/t13-/m0/s1. The molecule has 3 heterocycles. The van der Waals surface area contributed by atoms with E-state index in [9.17, 15) is 13.2 Å². The maximum atomic E-state index is 12.5. The molecule has 0 saturated carbocycles. The second-order valence-electron chi connectivity index (χ2n) is 6.96. The van der Waals surface area contributed by atoms with Gasteiger partial charge in [-0.1, -0.05) is 0 Å². The Morgan fingerprint density at radius 2 is 2.12 bits per heavy atom. The number of hydrogen-bond donors (Lipinski definition) is 0. The van der Waals surface area contributed by atoms with E-state index in [1.807, 2.05) is 0 Å². The summed E-state index contributed by atoms with van der Waals surface area (Å²) in [6.45, 7) is 2.73. The van der Waals surface area contributed by atoms with Gasteiger partial charge in [-0.25, -0.2) is 22.7 Å². The van der Waals surface area contributed by atoms with Crippen molar-refractivity contribution >= 4 is 15.9 Å². The lowest BCUT2D eigenvalue weighted by Crippen LogP contribution is -2.47. The molecule has 8 nitrogen and oxygen atoms in total. The van der Waals surface area contributed by atoms with Gasteiger partial charge < -0.3 is 9.64 Å². The summed E-state index contributed by atoms with van der Waals surface area (Å²) in [6, 6.07) is 1.61. The summed E-state index contributed by atoms with van der Waals surface area (Å²) in [5.74, 6) is 0.0574. The molecule has 25 heavy (non-hydrogen) atoms. The predicted molar refractivity (Wildman–Crippen MR) is 91.4 cm³/mol. The van der Waals surface area contributed by atoms with Crippen LogP contribution in [0.5, 0.6) is 0 Å². The van der Waals surface area contributed by atoms with E-state index < -0.39 is 10.0 Å². The third kappa shape index (κ3) is 3.68. The van der Waals surface area contributed by atoms with Crippen molar-refractivity contribution < 1.29 is 17.9 Å². The van der Waals surface area contributed by atoms with E-state index >= 15 is 0 Å².